The van der Waals surface area contributed by atoms with Crippen molar-refractivity contribution < 1.29 is 27.8 Å². The van der Waals surface area contributed by atoms with Crippen LogP contribution >= 0.6 is 0 Å². The van der Waals surface area contributed by atoms with Crippen LogP contribution in [-0.2, 0) is 19.6 Å². The summed E-state index contributed by atoms with van der Waals surface area (Å²) in [5, 5.41) is 0. The summed E-state index contributed by atoms with van der Waals surface area (Å²) >= 11 is 0. The molecule has 2 unspecified atom stereocenters. The first-order valence-corrected chi connectivity index (χ1v) is 20.8. The van der Waals surface area contributed by atoms with Gasteiger partial charge in [-0.15, -0.1) is 0 Å². The van der Waals surface area contributed by atoms with Gasteiger partial charge in [0.2, 0.25) is 0 Å². The SMILES string of the molecule is C[N+]1(Cc2ccc(C(=O)c3ccccc3)cc2)CC([N+](C)(C)Cc2ccc(C(=O)c3ccccc3)cc2)CCC([N+](C)(C)Cc2ccc(C(=O)c3ccccc3)cc2)C1. The summed E-state index contributed by atoms with van der Waals surface area (Å²) < 4.78 is 2.54. The minimum Gasteiger partial charge on any atom is -0.318 e. The van der Waals surface area contributed by atoms with Gasteiger partial charge >= 0.3 is 0 Å². The molecule has 2 atom stereocenters. The van der Waals surface area contributed by atoms with Crippen molar-refractivity contribution in [2.45, 2.75) is 44.6 Å². The minimum atomic E-state index is 0.0421. The third-order valence-corrected chi connectivity index (χ3v) is 12.6. The third kappa shape index (κ3) is 10.1. The molecule has 0 aromatic heterocycles. The van der Waals surface area contributed by atoms with E-state index in [-0.39, 0.29) is 17.3 Å². The van der Waals surface area contributed by atoms with Gasteiger partial charge in [0.15, 0.2) is 17.3 Å². The number of quaternary nitrogens is 3. The molecular weight excluding hydrogens is 727 g/mol. The van der Waals surface area contributed by atoms with Gasteiger partial charge in [-0.1, -0.05) is 164 Å². The number of likely N-dealkylation sites (N-methyl/N-ethyl adjacent to an activating group) is 3. The average molecular weight is 785 g/mol. The van der Waals surface area contributed by atoms with Gasteiger partial charge in [0.05, 0.1) is 35.2 Å². The first-order valence-electron chi connectivity index (χ1n) is 20.8. The number of hydrogen-bond acceptors (Lipinski definition) is 3. The van der Waals surface area contributed by atoms with Crippen LogP contribution in [0, 0.1) is 0 Å². The van der Waals surface area contributed by atoms with E-state index in [0.29, 0.717) is 45.5 Å². The lowest BCUT2D eigenvalue weighted by Crippen LogP contribution is -2.60. The topological polar surface area (TPSA) is 51.2 Å². The summed E-state index contributed by atoms with van der Waals surface area (Å²) in [4.78, 5) is 39.6. The first kappa shape index (κ1) is 41.4. The molecule has 1 saturated heterocycles. The predicted molar refractivity (Wildman–Crippen MR) is 237 cm³/mol. The molecule has 1 heterocycles. The van der Waals surface area contributed by atoms with Crippen molar-refractivity contribution in [2.24, 2.45) is 0 Å². The number of likely N-dealkylation sites (tertiary alicyclic amines) is 1. The van der Waals surface area contributed by atoms with Crippen LogP contribution in [0.5, 0.6) is 0 Å². The van der Waals surface area contributed by atoms with Crippen molar-refractivity contribution in [1.29, 1.82) is 0 Å². The van der Waals surface area contributed by atoms with Crippen LogP contribution in [0.3, 0.4) is 0 Å². The summed E-state index contributed by atoms with van der Waals surface area (Å²) in [6, 6.07) is 53.9. The fourth-order valence-corrected chi connectivity index (χ4v) is 9.12. The molecule has 0 spiro atoms. The highest BCUT2D eigenvalue weighted by molar-refractivity contribution is 6.10. The zero-order valence-corrected chi connectivity index (χ0v) is 35.3. The molecule has 6 nitrogen and oxygen atoms in total. The van der Waals surface area contributed by atoms with Crippen LogP contribution < -0.4 is 0 Å². The molecule has 1 fully saturated rings. The van der Waals surface area contributed by atoms with Crippen LogP contribution in [0.25, 0.3) is 0 Å². The monoisotopic (exact) mass is 784 g/mol. The maximum atomic E-state index is 13.3. The quantitative estimate of drug-likeness (QED) is 0.0818. The number of ketones is 3. The van der Waals surface area contributed by atoms with Gasteiger partial charge < -0.3 is 13.4 Å². The van der Waals surface area contributed by atoms with E-state index in [1.54, 1.807) is 0 Å². The largest absolute Gasteiger partial charge is 0.318 e. The summed E-state index contributed by atoms with van der Waals surface area (Å²) in [5.74, 6) is 0.132. The second-order valence-electron chi connectivity index (χ2n) is 18.1. The maximum absolute atomic E-state index is 13.3. The first-order chi connectivity index (χ1) is 28.3. The zero-order chi connectivity index (χ0) is 41.6. The molecule has 6 aromatic rings. The van der Waals surface area contributed by atoms with E-state index in [2.05, 4.69) is 71.6 Å². The van der Waals surface area contributed by atoms with E-state index in [0.717, 1.165) is 59.0 Å². The molecule has 0 bridgehead atoms. The van der Waals surface area contributed by atoms with Crippen LogP contribution in [-0.4, -0.2) is 91.2 Å². The predicted octanol–water partition coefficient (Wildman–Crippen LogP) is 9.41. The van der Waals surface area contributed by atoms with Crippen molar-refractivity contribution in [3.8, 4) is 0 Å². The molecule has 0 aliphatic carbocycles. The molecular formula is C53H58N3O3+3. The minimum absolute atomic E-state index is 0.0421. The highest BCUT2D eigenvalue weighted by Crippen LogP contribution is 2.32. The normalized spacial score (nSPS) is 18.5. The Hall–Kier alpha value is -5.79. The molecule has 7 rings (SSSR count). The van der Waals surface area contributed by atoms with Gasteiger partial charge in [0.1, 0.15) is 44.8 Å². The molecule has 59 heavy (non-hydrogen) atoms. The molecule has 1 aliphatic rings. The average Bonchev–Trinajstić information content (AvgIpc) is 3.44. The second kappa shape index (κ2) is 17.6. The van der Waals surface area contributed by atoms with Gasteiger partial charge in [-0.2, -0.15) is 0 Å². The molecule has 0 radical (unpaired) electrons. The highest BCUT2D eigenvalue weighted by atomic mass is 16.1. The van der Waals surface area contributed by atoms with Crippen LogP contribution in [0.2, 0.25) is 0 Å². The van der Waals surface area contributed by atoms with Crippen molar-refractivity contribution in [3.63, 3.8) is 0 Å². The Bertz CT molecular complexity index is 2240. The van der Waals surface area contributed by atoms with Gasteiger partial charge in [-0.3, -0.25) is 14.4 Å². The van der Waals surface area contributed by atoms with Crippen molar-refractivity contribution in [1.82, 2.24) is 0 Å². The highest BCUT2D eigenvalue weighted by Gasteiger charge is 2.45. The van der Waals surface area contributed by atoms with Crippen molar-refractivity contribution in [2.75, 3.05) is 48.3 Å². The molecule has 1 aliphatic heterocycles. The maximum Gasteiger partial charge on any atom is 0.193 e. The smallest absolute Gasteiger partial charge is 0.193 e. The van der Waals surface area contributed by atoms with Crippen molar-refractivity contribution >= 4 is 17.3 Å². The number of hydrogen-bond donors (Lipinski definition) is 0. The molecule has 300 valence electrons. The Morgan fingerprint density at radius 3 is 1.00 bits per heavy atom. The number of benzene rings is 6. The number of carbonyl (C=O) groups is 3. The van der Waals surface area contributed by atoms with Gasteiger partial charge in [0, 0.05) is 62.9 Å². The van der Waals surface area contributed by atoms with Crippen LogP contribution in [0.4, 0.5) is 0 Å². The Labute approximate surface area is 350 Å². The van der Waals surface area contributed by atoms with E-state index in [1.807, 2.05) is 127 Å². The lowest BCUT2D eigenvalue weighted by atomic mass is 10.00. The van der Waals surface area contributed by atoms with E-state index < -0.39 is 0 Å². The fourth-order valence-electron chi connectivity index (χ4n) is 9.12. The summed E-state index contributed by atoms with van der Waals surface area (Å²) in [6.07, 6.45) is 2.18. The Kier molecular flexibility index (Phi) is 12.3. The lowest BCUT2D eigenvalue weighted by Gasteiger charge is -2.44. The summed E-state index contributed by atoms with van der Waals surface area (Å²) in [6.45, 7) is 4.60. The van der Waals surface area contributed by atoms with Gasteiger partial charge in [0.25, 0.3) is 0 Å². The summed E-state index contributed by atoms with van der Waals surface area (Å²) in [5.41, 5.74) is 7.90. The van der Waals surface area contributed by atoms with Gasteiger partial charge in [-0.05, 0) is 0 Å². The number of carbonyl (C=O) groups excluding carboxylic acids is 3. The van der Waals surface area contributed by atoms with Gasteiger partial charge in [-0.25, -0.2) is 0 Å². The van der Waals surface area contributed by atoms with Crippen molar-refractivity contribution in [3.05, 3.63) is 214 Å². The molecule has 0 saturated carbocycles. The van der Waals surface area contributed by atoms with Crippen LogP contribution in [0.1, 0.15) is 77.3 Å². The number of nitrogens with zero attached hydrogens (tertiary/aromatic N) is 3. The molecule has 0 N–H and O–H groups in total. The molecule has 6 heteroatoms. The summed E-state index contributed by atoms with van der Waals surface area (Å²) in [7, 11) is 11.9. The third-order valence-electron chi connectivity index (χ3n) is 12.6. The van der Waals surface area contributed by atoms with E-state index >= 15 is 0 Å². The zero-order valence-electron chi connectivity index (χ0n) is 35.3. The lowest BCUT2D eigenvalue weighted by molar-refractivity contribution is -1.00. The van der Waals surface area contributed by atoms with E-state index in [9.17, 15) is 14.4 Å². The fraction of sp³-hybridized carbons (Fsp3) is 0.264. The second-order valence-corrected chi connectivity index (χ2v) is 18.1. The standard InChI is InChI=1S/C53H58N3O3/c1-54(2,35-40-21-27-46(28-22-40)51(57)43-15-9-6-10-16-43)49-33-34-50(55(3,4)36-41-23-29-47(30-24-41)52(58)44-17-11-7-12-18-44)39-56(5,38-49)37-42-25-31-48(32-26-42)53(59)45-19-13-8-14-20-45/h6-32,49-50H,33-39H2,1-5H3/q+3. The Morgan fingerprint density at radius 1 is 0.424 bits per heavy atom. The molecule has 0 amide bonds. The van der Waals surface area contributed by atoms with E-state index in [4.69, 9.17) is 0 Å². The van der Waals surface area contributed by atoms with E-state index in [1.165, 1.54) is 16.7 Å². The molecule has 6 aromatic carbocycles. The number of rotatable bonds is 14. The Morgan fingerprint density at radius 2 is 0.695 bits per heavy atom. The van der Waals surface area contributed by atoms with Crippen LogP contribution in [0.15, 0.2) is 164 Å². The Balaban J connectivity index is 1.11.